The predicted octanol–water partition coefficient (Wildman–Crippen LogP) is 5.41. The van der Waals surface area contributed by atoms with Gasteiger partial charge in [0.2, 0.25) is 0 Å². The Hall–Kier alpha value is -2.89. The number of benzene rings is 1. The standard InChI is InChI=1S/C21H19F7N4O/c22-14-3-1-12(2-4-14)13-5-7-19(33,8-6-13)11-29-17-9-15(20(23,24)25)30-18-10-16(21(26,27)28)31-32(17)18/h1-4,9-10,13,29,33H,5-8,11H2. The van der Waals surface area contributed by atoms with Crippen molar-refractivity contribution in [3.05, 3.63) is 59.2 Å². The molecule has 0 atom stereocenters. The Kier molecular flexibility index (Phi) is 5.75. The third kappa shape index (κ3) is 5.05. The van der Waals surface area contributed by atoms with E-state index < -0.39 is 35.0 Å². The van der Waals surface area contributed by atoms with Gasteiger partial charge in [-0.25, -0.2) is 9.37 Å². The number of aromatic nitrogens is 3. The van der Waals surface area contributed by atoms with E-state index in [1.165, 1.54) is 12.1 Å². The molecular formula is C21H19F7N4O. The van der Waals surface area contributed by atoms with Crippen molar-refractivity contribution in [2.45, 2.75) is 49.6 Å². The normalized spacial score (nSPS) is 22.0. The van der Waals surface area contributed by atoms with E-state index in [1.54, 1.807) is 12.1 Å². The Morgan fingerprint density at radius 1 is 0.970 bits per heavy atom. The van der Waals surface area contributed by atoms with Crippen LogP contribution in [0.2, 0.25) is 0 Å². The van der Waals surface area contributed by atoms with Crippen molar-refractivity contribution < 1.29 is 35.8 Å². The molecule has 0 saturated heterocycles. The molecule has 1 aromatic carbocycles. The van der Waals surface area contributed by atoms with Crippen LogP contribution in [0.4, 0.5) is 36.6 Å². The molecule has 0 bridgehead atoms. The Balaban J connectivity index is 1.53. The summed E-state index contributed by atoms with van der Waals surface area (Å²) in [7, 11) is 0. The maximum atomic E-state index is 13.2. The average molecular weight is 476 g/mol. The van der Waals surface area contributed by atoms with E-state index in [0.717, 1.165) is 5.56 Å². The van der Waals surface area contributed by atoms with Gasteiger partial charge in [-0.1, -0.05) is 12.1 Å². The van der Waals surface area contributed by atoms with Crippen LogP contribution in [0.3, 0.4) is 0 Å². The van der Waals surface area contributed by atoms with Gasteiger partial charge in [0.05, 0.1) is 5.60 Å². The number of anilines is 1. The van der Waals surface area contributed by atoms with Crippen LogP contribution in [0, 0.1) is 5.82 Å². The summed E-state index contributed by atoms with van der Waals surface area (Å²) in [4.78, 5) is 3.25. The number of fused-ring (bicyclic) bond motifs is 1. The summed E-state index contributed by atoms with van der Waals surface area (Å²) < 4.78 is 92.5. The summed E-state index contributed by atoms with van der Waals surface area (Å²) >= 11 is 0. The van der Waals surface area contributed by atoms with E-state index in [0.29, 0.717) is 42.3 Å². The van der Waals surface area contributed by atoms with Crippen LogP contribution in [0.25, 0.3) is 5.65 Å². The van der Waals surface area contributed by atoms with Crippen molar-refractivity contribution >= 4 is 11.5 Å². The zero-order valence-corrected chi connectivity index (χ0v) is 17.0. The van der Waals surface area contributed by atoms with Crippen LogP contribution in [0.1, 0.15) is 48.6 Å². The number of rotatable bonds is 4. The molecule has 2 heterocycles. The van der Waals surface area contributed by atoms with Gasteiger partial charge in [0.1, 0.15) is 11.6 Å². The third-order valence-electron chi connectivity index (χ3n) is 5.86. The van der Waals surface area contributed by atoms with Crippen LogP contribution in [0.5, 0.6) is 0 Å². The highest BCUT2D eigenvalue weighted by Crippen LogP contribution is 2.39. The molecule has 2 N–H and O–H groups in total. The number of aliphatic hydroxyl groups is 1. The van der Waals surface area contributed by atoms with E-state index in [4.69, 9.17) is 0 Å². The van der Waals surface area contributed by atoms with Gasteiger partial charge in [0.25, 0.3) is 0 Å². The second kappa shape index (κ2) is 8.15. The molecular weight excluding hydrogens is 457 g/mol. The minimum Gasteiger partial charge on any atom is -0.388 e. The summed E-state index contributed by atoms with van der Waals surface area (Å²) in [5.74, 6) is -0.628. The maximum Gasteiger partial charge on any atom is 0.435 e. The summed E-state index contributed by atoms with van der Waals surface area (Å²) in [6.07, 6.45) is -8.03. The molecule has 12 heteroatoms. The number of halogens is 7. The molecule has 3 aromatic rings. The van der Waals surface area contributed by atoms with Crippen LogP contribution in [-0.2, 0) is 12.4 Å². The third-order valence-corrected chi connectivity index (χ3v) is 5.86. The van der Waals surface area contributed by atoms with Crippen molar-refractivity contribution in [3.63, 3.8) is 0 Å². The fraction of sp³-hybridized carbons (Fsp3) is 0.429. The highest BCUT2D eigenvalue weighted by atomic mass is 19.4. The fourth-order valence-electron chi connectivity index (χ4n) is 4.04. The zero-order valence-electron chi connectivity index (χ0n) is 17.0. The molecule has 1 aliphatic carbocycles. The largest absolute Gasteiger partial charge is 0.435 e. The molecule has 2 aromatic heterocycles. The van der Waals surface area contributed by atoms with Gasteiger partial charge in [0, 0.05) is 18.7 Å². The van der Waals surface area contributed by atoms with Crippen molar-refractivity contribution in [3.8, 4) is 0 Å². The highest BCUT2D eigenvalue weighted by molar-refractivity contribution is 5.51. The molecule has 1 aliphatic rings. The second-order valence-electron chi connectivity index (χ2n) is 8.23. The molecule has 33 heavy (non-hydrogen) atoms. The molecule has 0 spiro atoms. The first-order valence-corrected chi connectivity index (χ1v) is 10.1. The minimum atomic E-state index is -4.88. The van der Waals surface area contributed by atoms with Gasteiger partial charge < -0.3 is 10.4 Å². The highest BCUT2D eigenvalue weighted by Gasteiger charge is 2.38. The molecule has 5 nitrogen and oxygen atoms in total. The van der Waals surface area contributed by atoms with Gasteiger partial charge in [-0.2, -0.15) is 36.0 Å². The predicted molar refractivity (Wildman–Crippen MR) is 104 cm³/mol. The van der Waals surface area contributed by atoms with E-state index in [1.807, 2.05) is 0 Å². The molecule has 0 amide bonds. The topological polar surface area (TPSA) is 62.5 Å². The first-order chi connectivity index (χ1) is 15.3. The van der Waals surface area contributed by atoms with Crippen LogP contribution in [0.15, 0.2) is 36.4 Å². The number of nitrogens with zero attached hydrogens (tertiary/aromatic N) is 3. The molecule has 178 valence electrons. The molecule has 0 aliphatic heterocycles. The number of nitrogens with one attached hydrogen (secondary N) is 1. The molecule has 1 saturated carbocycles. The van der Waals surface area contributed by atoms with Crippen molar-refractivity contribution in [2.24, 2.45) is 0 Å². The fourth-order valence-corrected chi connectivity index (χ4v) is 4.04. The molecule has 0 unspecified atom stereocenters. The van der Waals surface area contributed by atoms with Gasteiger partial charge in [-0.05, 0) is 49.3 Å². The monoisotopic (exact) mass is 476 g/mol. The lowest BCUT2D eigenvalue weighted by molar-refractivity contribution is -0.142. The van der Waals surface area contributed by atoms with E-state index >= 15 is 0 Å². The molecule has 1 fully saturated rings. The lowest BCUT2D eigenvalue weighted by Crippen LogP contribution is -2.40. The van der Waals surface area contributed by atoms with Crippen LogP contribution in [-0.4, -0.2) is 31.9 Å². The SMILES string of the molecule is OC1(CNc2cc(C(F)(F)F)nc3cc(C(F)(F)F)nn23)CCC(c2ccc(F)cc2)CC1. The first-order valence-electron chi connectivity index (χ1n) is 10.1. The van der Waals surface area contributed by atoms with E-state index in [9.17, 15) is 35.8 Å². The average Bonchev–Trinajstić information content (AvgIpc) is 3.18. The smallest absolute Gasteiger partial charge is 0.388 e. The summed E-state index contributed by atoms with van der Waals surface area (Å²) in [6.45, 7) is -0.194. The van der Waals surface area contributed by atoms with Crippen molar-refractivity contribution in [1.82, 2.24) is 14.6 Å². The minimum absolute atomic E-state index is 0.0933. The summed E-state index contributed by atoms with van der Waals surface area (Å²) in [5.41, 5.74) is -3.74. The Morgan fingerprint density at radius 3 is 2.15 bits per heavy atom. The van der Waals surface area contributed by atoms with Crippen LogP contribution >= 0.6 is 0 Å². The maximum absolute atomic E-state index is 13.2. The summed E-state index contributed by atoms with van der Waals surface area (Å²) in [5, 5.41) is 16.9. The Morgan fingerprint density at radius 2 is 1.58 bits per heavy atom. The van der Waals surface area contributed by atoms with E-state index in [-0.39, 0.29) is 24.1 Å². The zero-order chi connectivity index (χ0) is 24.0. The molecule has 4 rings (SSSR count). The number of alkyl halides is 6. The van der Waals surface area contributed by atoms with Gasteiger partial charge in [-0.3, -0.25) is 0 Å². The Bertz CT molecular complexity index is 1130. The quantitative estimate of drug-likeness (QED) is 0.495. The van der Waals surface area contributed by atoms with Crippen molar-refractivity contribution in [2.75, 3.05) is 11.9 Å². The number of hydrogen-bond donors (Lipinski definition) is 2. The lowest BCUT2D eigenvalue weighted by Gasteiger charge is -2.36. The lowest BCUT2D eigenvalue weighted by atomic mass is 9.76. The summed E-state index contributed by atoms with van der Waals surface area (Å²) in [6, 6.07) is 7.04. The first kappa shape index (κ1) is 23.3. The van der Waals surface area contributed by atoms with E-state index in [2.05, 4.69) is 15.4 Å². The van der Waals surface area contributed by atoms with Gasteiger partial charge >= 0.3 is 12.4 Å². The van der Waals surface area contributed by atoms with Gasteiger partial charge in [0.15, 0.2) is 17.0 Å². The Labute approximate surface area is 183 Å². The number of hydrogen-bond acceptors (Lipinski definition) is 4. The molecule has 0 radical (unpaired) electrons. The van der Waals surface area contributed by atoms with Gasteiger partial charge in [-0.15, -0.1) is 0 Å². The van der Waals surface area contributed by atoms with Crippen molar-refractivity contribution in [1.29, 1.82) is 0 Å². The van der Waals surface area contributed by atoms with Crippen LogP contribution < -0.4 is 5.32 Å². The second-order valence-corrected chi connectivity index (χ2v) is 8.23.